The average molecular weight is 471 g/mol. The molecule has 2 aromatic heterocycles. The number of aliphatic carboxylic acids is 1. The molecule has 5 atom stereocenters. The van der Waals surface area contributed by atoms with Crippen molar-refractivity contribution < 1.29 is 34.8 Å². The van der Waals surface area contributed by atoms with Gasteiger partial charge in [0.1, 0.15) is 28.9 Å². The third kappa shape index (κ3) is 5.25. The number of nitrogens with one attached hydrogen (secondary N) is 2. The fourth-order valence-electron chi connectivity index (χ4n) is 3.19. The molecule has 1 saturated heterocycles. The van der Waals surface area contributed by atoms with Crippen LogP contribution in [0.2, 0.25) is 0 Å². The molecule has 14 nitrogen and oxygen atoms in total. The van der Waals surface area contributed by atoms with Crippen LogP contribution in [0.25, 0.3) is 11.2 Å². The zero-order valence-corrected chi connectivity index (χ0v) is 17.7. The minimum Gasteiger partial charge on any atom is -0.481 e. The summed E-state index contributed by atoms with van der Waals surface area (Å²) in [5.74, 6) is -1.49. The second kappa shape index (κ2) is 10.4. The first-order valence-electron chi connectivity index (χ1n) is 9.77. The number of aliphatic hydroxyl groups excluding tert-OH is 3. The van der Waals surface area contributed by atoms with Crippen molar-refractivity contribution in [2.75, 3.05) is 25.0 Å². The zero-order valence-electron chi connectivity index (χ0n) is 16.8. The Morgan fingerprint density at radius 3 is 2.69 bits per heavy atom. The van der Waals surface area contributed by atoms with Crippen LogP contribution >= 0.6 is 12.6 Å². The van der Waals surface area contributed by atoms with Gasteiger partial charge in [-0.1, -0.05) is 0 Å². The highest BCUT2D eigenvalue weighted by Crippen LogP contribution is 2.32. The monoisotopic (exact) mass is 471 g/mol. The van der Waals surface area contributed by atoms with Crippen molar-refractivity contribution in [2.24, 2.45) is 5.73 Å². The summed E-state index contributed by atoms with van der Waals surface area (Å²) in [4.78, 5) is 35.0. The van der Waals surface area contributed by atoms with Crippen molar-refractivity contribution in [2.45, 2.75) is 48.4 Å². The fraction of sp³-hybridized carbons (Fsp3) is 0.588. The van der Waals surface area contributed by atoms with Crippen LogP contribution in [0.3, 0.4) is 0 Å². The number of rotatable bonds is 10. The Hall–Kier alpha value is -2.56. The molecule has 1 aliphatic rings. The highest BCUT2D eigenvalue weighted by atomic mass is 32.1. The summed E-state index contributed by atoms with van der Waals surface area (Å²) in [6.07, 6.45) is -3.12. The van der Waals surface area contributed by atoms with Crippen LogP contribution in [0.1, 0.15) is 19.1 Å². The highest BCUT2D eigenvalue weighted by molar-refractivity contribution is 7.80. The number of fused-ring (bicyclic) bond motifs is 1. The Labute approximate surface area is 187 Å². The van der Waals surface area contributed by atoms with E-state index in [-0.39, 0.29) is 17.5 Å². The Kier molecular flexibility index (Phi) is 7.81. The van der Waals surface area contributed by atoms with Crippen LogP contribution in [0.15, 0.2) is 11.4 Å². The second-order valence-electron chi connectivity index (χ2n) is 7.20. The van der Waals surface area contributed by atoms with E-state index < -0.39 is 55.5 Å². The number of hydrogen-bond donors (Lipinski definition) is 8. The van der Waals surface area contributed by atoms with E-state index >= 15 is 0 Å². The van der Waals surface area contributed by atoms with Crippen molar-refractivity contribution >= 4 is 41.6 Å². The van der Waals surface area contributed by atoms with Crippen LogP contribution in [0, 0.1) is 0 Å². The number of imidazole rings is 1. The van der Waals surface area contributed by atoms with Gasteiger partial charge < -0.3 is 41.5 Å². The highest BCUT2D eigenvalue weighted by Gasteiger charge is 2.44. The molecule has 8 N–H and O–H groups in total. The number of hydrogen-bond acceptors (Lipinski definition) is 12. The van der Waals surface area contributed by atoms with Gasteiger partial charge in [-0.3, -0.25) is 14.2 Å². The third-order valence-electron chi connectivity index (χ3n) is 4.86. The largest absolute Gasteiger partial charge is 0.481 e. The Morgan fingerprint density at radius 2 is 2.03 bits per heavy atom. The molecular formula is C17H25N7O7S. The predicted octanol–water partition coefficient (Wildman–Crippen LogP) is -2.55. The molecule has 3 unspecified atom stereocenters. The molecule has 1 amide bonds. The topological polar surface area (TPSA) is 218 Å². The van der Waals surface area contributed by atoms with E-state index in [1.54, 1.807) is 0 Å². The van der Waals surface area contributed by atoms with E-state index in [0.29, 0.717) is 24.1 Å². The number of aliphatic hydroxyl groups is 3. The molecule has 0 spiro atoms. The lowest BCUT2D eigenvalue weighted by atomic mass is 10.1. The third-order valence-corrected chi connectivity index (χ3v) is 5.17. The maximum Gasteiger partial charge on any atom is 0.305 e. The molecule has 0 bridgehead atoms. The molecule has 32 heavy (non-hydrogen) atoms. The molecule has 0 radical (unpaired) electrons. The Balaban J connectivity index is 1.61. The maximum absolute atomic E-state index is 11.7. The summed E-state index contributed by atoms with van der Waals surface area (Å²) in [6.45, 7) is 0.170. The first-order valence-corrected chi connectivity index (χ1v) is 10.2. The summed E-state index contributed by atoms with van der Waals surface area (Å²) < 4.78 is 6.95. The quantitative estimate of drug-likeness (QED) is 0.102. The summed E-state index contributed by atoms with van der Waals surface area (Å²) in [5.41, 5.74) is 6.14. The molecule has 15 heteroatoms. The number of aromatic nitrogens is 4. The maximum atomic E-state index is 11.7. The van der Waals surface area contributed by atoms with Gasteiger partial charge >= 0.3 is 5.97 Å². The van der Waals surface area contributed by atoms with Crippen molar-refractivity contribution in [3.05, 3.63) is 6.33 Å². The lowest BCUT2D eigenvalue weighted by Gasteiger charge is -2.17. The van der Waals surface area contributed by atoms with Gasteiger partial charge in [-0.2, -0.15) is 4.98 Å². The number of anilines is 1. The van der Waals surface area contributed by atoms with Crippen molar-refractivity contribution in [3.63, 3.8) is 0 Å². The van der Waals surface area contributed by atoms with E-state index in [4.69, 9.17) is 15.6 Å². The van der Waals surface area contributed by atoms with Gasteiger partial charge in [0.25, 0.3) is 0 Å². The van der Waals surface area contributed by atoms with E-state index in [1.165, 1.54) is 10.9 Å². The lowest BCUT2D eigenvalue weighted by Crippen LogP contribution is -2.42. The van der Waals surface area contributed by atoms with E-state index in [1.807, 2.05) is 0 Å². The molecule has 0 saturated carbocycles. The first-order chi connectivity index (χ1) is 15.2. The number of amides is 1. The van der Waals surface area contributed by atoms with Crippen LogP contribution < -0.4 is 16.4 Å². The standard InChI is InChI=1S/C17H25N7O7S/c18-7(4-9(26)27)14(30)19-2-1-3-20-17-22-13-10(15(32)23-17)21-6-24(13)16-12(29)11(28)8(5-25)31-16/h6-8,11-12,16,25,28-29H,1-5,18H2,(H,19,30)(H,26,27)(H2,20,22,23,32)/t7?,8-,11?,12?,16-/m1/s1. The molecule has 2 aromatic rings. The van der Waals surface area contributed by atoms with E-state index in [0.717, 1.165) is 0 Å². The second-order valence-corrected chi connectivity index (χ2v) is 7.62. The lowest BCUT2D eigenvalue weighted by molar-refractivity contribution is -0.139. The van der Waals surface area contributed by atoms with Gasteiger partial charge in [0.05, 0.1) is 25.4 Å². The molecule has 176 valence electrons. The number of carboxylic acids is 1. The number of nitrogens with two attached hydrogens (primary N) is 1. The number of nitrogens with zero attached hydrogens (tertiary/aromatic N) is 4. The van der Waals surface area contributed by atoms with Crippen LogP contribution in [-0.4, -0.2) is 95.9 Å². The fourth-order valence-corrected chi connectivity index (χ4v) is 3.44. The van der Waals surface area contributed by atoms with Crippen molar-refractivity contribution in [1.29, 1.82) is 0 Å². The molecule has 3 heterocycles. The first kappa shape index (κ1) is 24.1. The van der Waals surface area contributed by atoms with Gasteiger partial charge in [0.2, 0.25) is 11.9 Å². The van der Waals surface area contributed by atoms with Crippen LogP contribution in [0.4, 0.5) is 5.95 Å². The van der Waals surface area contributed by atoms with E-state index in [2.05, 4.69) is 38.2 Å². The molecule has 0 aliphatic carbocycles. The summed E-state index contributed by atoms with van der Waals surface area (Å²) in [7, 11) is 0. The Bertz CT molecular complexity index is 974. The molecule has 1 fully saturated rings. The summed E-state index contributed by atoms with van der Waals surface area (Å²) in [5, 5.41) is 44.0. The molecular weight excluding hydrogens is 446 g/mol. The number of carboxylic acid groups (broad SMARTS) is 1. The predicted molar refractivity (Wildman–Crippen MR) is 112 cm³/mol. The number of carbonyl (C=O) groups is 2. The van der Waals surface area contributed by atoms with Crippen molar-refractivity contribution in [1.82, 2.24) is 24.8 Å². The molecule has 3 rings (SSSR count). The van der Waals surface area contributed by atoms with Crippen LogP contribution in [-0.2, 0) is 14.3 Å². The Morgan fingerprint density at radius 1 is 1.28 bits per heavy atom. The summed E-state index contributed by atoms with van der Waals surface area (Å²) in [6, 6.07) is -1.12. The van der Waals surface area contributed by atoms with Crippen LogP contribution in [0.5, 0.6) is 0 Å². The molecule has 0 aromatic carbocycles. The van der Waals surface area contributed by atoms with Gasteiger partial charge in [-0.25, -0.2) is 9.97 Å². The van der Waals surface area contributed by atoms with Gasteiger partial charge in [0, 0.05) is 13.1 Å². The SMILES string of the molecule is NC(CC(=O)O)C(=O)NCCCNc1nc(S)c2ncn([C@@H]3O[C@H](CO)C(O)C3O)c2n1. The summed E-state index contributed by atoms with van der Waals surface area (Å²) >= 11 is 4.31. The normalized spacial score (nSPS) is 23.9. The zero-order chi connectivity index (χ0) is 23.4. The number of thiol groups is 1. The molecule has 1 aliphatic heterocycles. The van der Waals surface area contributed by atoms with Crippen molar-refractivity contribution in [3.8, 4) is 0 Å². The van der Waals surface area contributed by atoms with Gasteiger partial charge in [0.15, 0.2) is 11.9 Å². The minimum atomic E-state index is -1.30. The number of carbonyl (C=O) groups excluding carboxylic acids is 1. The smallest absolute Gasteiger partial charge is 0.305 e. The van der Waals surface area contributed by atoms with Gasteiger partial charge in [-0.15, -0.1) is 12.6 Å². The van der Waals surface area contributed by atoms with Gasteiger partial charge in [-0.05, 0) is 6.42 Å². The minimum absolute atomic E-state index is 0.213. The average Bonchev–Trinajstić information content (AvgIpc) is 3.28. The van der Waals surface area contributed by atoms with E-state index in [9.17, 15) is 24.9 Å². The number of ether oxygens (including phenoxy) is 1.